The van der Waals surface area contributed by atoms with E-state index < -0.39 is 5.60 Å². The van der Waals surface area contributed by atoms with Crippen molar-refractivity contribution in [2.75, 3.05) is 32.7 Å². The van der Waals surface area contributed by atoms with Gasteiger partial charge < -0.3 is 10.0 Å². The van der Waals surface area contributed by atoms with Crippen LogP contribution in [-0.2, 0) is 7.05 Å². The molecule has 1 aliphatic heterocycles. The molecule has 0 aliphatic carbocycles. The first kappa shape index (κ1) is 16.0. The van der Waals surface area contributed by atoms with E-state index in [4.69, 9.17) is 0 Å². The third-order valence-electron chi connectivity index (χ3n) is 3.99. The summed E-state index contributed by atoms with van der Waals surface area (Å²) in [6, 6.07) is 0. The van der Waals surface area contributed by atoms with Gasteiger partial charge in [0.2, 0.25) is 0 Å². The molecule has 1 N–H and O–H groups in total. The maximum atomic E-state index is 12.7. The average Bonchev–Trinajstić information content (AvgIpc) is 2.61. The number of amides is 1. The highest BCUT2D eigenvalue weighted by Gasteiger charge is 2.28. The van der Waals surface area contributed by atoms with E-state index in [1.807, 2.05) is 39.6 Å². The normalized spacial score (nSPS) is 17.3. The van der Waals surface area contributed by atoms with Crippen LogP contribution in [0.5, 0.6) is 0 Å². The van der Waals surface area contributed by atoms with Gasteiger partial charge >= 0.3 is 0 Å². The minimum Gasteiger partial charge on any atom is -0.389 e. The average molecular weight is 294 g/mol. The van der Waals surface area contributed by atoms with Crippen LogP contribution in [0.3, 0.4) is 0 Å². The van der Waals surface area contributed by atoms with Crippen molar-refractivity contribution in [3.05, 3.63) is 17.0 Å². The van der Waals surface area contributed by atoms with Crippen LogP contribution >= 0.6 is 0 Å². The lowest BCUT2D eigenvalue weighted by Crippen LogP contribution is -2.52. The van der Waals surface area contributed by atoms with Gasteiger partial charge in [-0.15, -0.1) is 0 Å². The summed E-state index contributed by atoms with van der Waals surface area (Å²) in [5.74, 6) is 0.0704. The third kappa shape index (κ3) is 3.63. The number of aromatic nitrogens is 2. The van der Waals surface area contributed by atoms with Crippen LogP contribution in [-0.4, -0.2) is 68.9 Å². The number of carbonyl (C=O) groups is 1. The topological polar surface area (TPSA) is 61.6 Å². The van der Waals surface area contributed by atoms with Gasteiger partial charge in [-0.2, -0.15) is 5.10 Å². The Morgan fingerprint density at radius 2 is 1.81 bits per heavy atom. The summed E-state index contributed by atoms with van der Waals surface area (Å²) in [4.78, 5) is 16.7. The van der Waals surface area contributed by atoms with Crippen molar-refractivity contribution in [2.24, 2.45) is 7.05 Å². The molecular weight excluding hydrogens is 268 g/mol. The fourth-order valence-electron chi connectivity index (χ4n) is 2.90. The summed E-state index contributed by atoms with van der Waals surface area (Å²) in [5, 5.41) is 14.2. The Kier molecular flexibility index (Phi) is 4.39. The number of β-amino-alcohol motifs (C(OH)–C–C–N with tert-alkyl or cyclic N) is 1. The van der Waals surface area contributed by atoms with Crippen molar-refractivity contribution in [2.45, 2.75) is 33.3 Å². The second-order valence-corrected chi connectivity index (χ2v) is 6.55. The SMILES string of the molecule is Cc1nn(C)c(C)c1C(=O)N1CCN(CC(C)(C)O)CC1. The molecule has 0 spiro atoms. The van der Waals surface area contributed by atoms with E-state index in [0.29, 0.717) is 19.6 Å². The molecule has 2 rings (SSSR count). The first-order valence-corrected chi connectivity index (χ1v) is 7.43. The Morgan fingerprint density at radius 1 is 1.24 bits per heavy atom. The van der Waals surface area contributed by atoms with Crippen molar-refractivity contribution < 1.29 is 9.90 Å². The van der Waals surface area contributed by atoms with E-state index in [1.165, 1.54) is 0 Å². The molecular formula is C15H26N4O2. The smallest absolute Gasteiger partial charge is 0.257 e. The minimum atomic E-state index is -0.692. The van der Waals surface area contributed by atoms with Crippen molar-refractivity contribution in [3.8, 4) is 0 Å². The number of hydrogen-bond donors (Lipinski definition) is 1. The van der Waals surface area contributed by atoms with Crippen LogP contribution < -0.4 is 0 Å². The molecule has 1 saturated heterocycles. The lowest BCUT2D eigenvalue weighted by molar-refractivity contribution is 0.0178. The number of rotatable bonds is 3. The van der Waals surface area contributed by atoms with Gasteiger partial charge in [0.1, 0.15) is 0 Å². The predicted molar refractivity (Wildman–Crippen MR) is 81.3 cm³/mol. The quantitative estimate of drug-likeness (QED) is 0.885. The van der Waals surface area contributed by atoms with Crippen molar-refractivity contribution >= 4 is 5.91 Å². The molecule has 1 aromatic heterocycles. The molecule has 6 heteroatoms. The molecule has 0 bridgehead atoms. The summed E-state index contributed by atoms with van der Waals surface area (Å²) in [6.07, 6.45) is 0. The molecule has 0 radical (unpaired) electrons. The molecule has 118 valence electrons. The zero-order valence-corrected chi connectivity index (χ0v) is 13.7. The zero-order valence-electron chi connectivity index (χ0n) is 13.7. The number of carbonyl (C=O) groups excluding carboxylic acids is 1. The van der Waals surface area contributed by atoms with E-state index in [2.05, 4.69) is 10.00 Å². The molecule has 0 aromatic carbocycles. The van der Waals surface area contributed by atoms with Crippen molar-refractivity contribution in [1.29, 1.82) is 0 Å². The van der Waals surface area contributed by atoms with Gasteiger partial charge in [-0.1, -0.05) is 0 Å². The molecule has 21 heavy (non-hydrogen) atoms. The summed E-state index contributed by atoms with van der Waals surface area (Å²) in [5.41, 5.74) is 1.74. The summed E-state index contributed by atoms with van der Waals surface area (Å²) in [7, 11) is 1.86. The first-order valence-electron chi connectivity index (χ1n) is 7.43. The van der Waals surface area contributed by atoms with Gasteiger partial charge in [-0.05, 0) is 27.7 Å². The summed E-state index contributed by atoms with van der Waals surface area (Å²) in [6.45, 7) is 11.1. The molecule has 0 unspecified atom stereocenters. The predicted octanol–water partition coefficient (Wildman–Crippen LogP) is 0.566. The number of piperazine rings is 1. The minimum absolute atomic E-state index is 0.0704. The highest BCUT2D eigenvalue weighted by Crippen LogP contribution is 2.17. The zero-order chi connectivity index (χ0) is 15.8. The monoisotopic (exact) mass is 294 g/mol. The fraction of sp³-hybridized carbons (Fsp3) is 0.733. The van der Waals surface area contributed by atoms with Crippen LogP contribution in [0.2, 0.25) is 0 Å². The highest BCUT2D eigenvalue weighted by molar-refractivity contribution is 5.96. The van der Waals surface area contributed by atoms with E-state index >= 15 is 0 Å². The van der Waals surface area contributed by atoms with Gasteiger partial charge in [0.05, 0.1) is 16.9 Å². The van der Waals surface area contributed by atoms with E-state index in [1.54, 1.807) is 4.68 Å². The fourth-order valence-corrected chi connectivity index (χ4v) is 2.90. The van der Waals surface area contributed by atoms with Gasteiger partial charge in [0.15, 0.2) is 0 Å². The number of hydrogen-bond acceptors (Lipinski definition) is 4. The number of aryl methyl sites for hydroxylation is 2. The van der Waals surface area contributed by atoms with Gasteiger partial charge in [-0.25, -0.2) is 0 Å². The molecule has 1 aliphatic rings. The Labute approximate surface area is 126 Å². The van der Waals surface area contributed by atoms with Crippen LogP contribution in [0.15, 0.2) is 0 Å². The molecule has 0 atom stereocenters. The molecule has 1 amide bonds. The third-order valence-corrected chi connectivity index (χ3v) is 3.99. The lowest BCUT2D eigenvalue weighted by Gasteiger charge is -2.37. The Bertz CT molecular complexity index is 523. The summed E-state index contributed by atoms with van der Waals surface area (Å²) >= 11 is 0. The van der Waals surface area contributed by atoms with Crippen LogP contribution in [0.1, 0.15) is 35.6 Å². The van der Waals surface area contributed by atoms with Gasteiger partial charge in [0, 0.05) is 45.5 Å². The van der Waals surface area contributed by atoms with Crippen molar-refractivity contribution in [3.63, 3.8) is 0 Å². The number of aliphatic hydroxyl groups is 1. The second kappa shape index (κ2) is 5.77. The highest BCUT2D eigenvalue weighted by atomic mass is 16.3. The van der Waals surface area contributed by atoms with E-state index in [0.717, 1.165) is 30.0 Å². The maximum Gasteiger partial charge on any atom is 0.257 e. The molecule has 0 saturated carbocycles. The Morgan fingerprint density at radius 3 is 2.24 bits per heavy atom. The molecule has 6 nitrogen and oxygen atoms in total. The van der Waals surface area contributed by atoms with Crippen LogP contribution in [0.25, 0.3) is 0 Å². The standard InChI is InChI=1S/C15H26N4O2/c1-11-13(12(2)17(5)16-11)14(20)19-8-6-18(7-9-19)10-15(3,4)21/h21H,6-10H2,1-5H3. The molecule has 2 heterocycles. The van der Waals surface area contributed by atoms with Gasteiger partial charge in [0.25, 0.3) is 5.91 Å². The summed E-state index contributed by atoms with van der Waals surface area (Å²) < 4.78 is 1.76. The number of nitrogens with zero attached hydrogens (tertiary/aromatic N) is 4. The first-order chi connectivity index (χ1) is 9.69. The van der Waals surface area contributed by atoms with E-state index in [9.17, 15) is 9.90 Å². The van der Waals surface area contributed by atoms with E-state index in [-0.39, 0.29) is 5.91 Å². The second-order valence-electron chi connectivity index (χ2n) is 6.55. The Balaban J connectivity index is 2.01. The molecule has 1 aromatic rings. The largest absolute Gasteiger partial charge is 0.389 e. The Hall–Kier alpha value is -1.40. The van der Waals surface area contributed by atoms with Crippen LogP contribution in [0, 0.1) is 13.8 Å². The lowest BCUT2D eigenvalue weighted by atomic mass is 10.1. The molecule has 1 fully saturated rings. The van der Waals surface area contributed by atoms with Crippen molar-refractivity contribution in [1.82, 2.24) is 19.6 Å². The van der Waals surface area contributed by atoms with Gasteiger partial charge in [-0.3, -0.25) is 14.4 Å². The maximum absolute atomic E-state index is 12.7. The van der Waals surface area contributed by atoms with Crippen LogP contribution in [0.4, 0.5) is 0 Å².